The van der Waals surface area contributed by atoms with E-state index in [-0.39, 0.29) is 5.91 Å². The molecule has 5 nitrogen and oxygen atoms in total. The van der Waals surface area contributed by atoms with E-state index in [1.54, 1.807) is 5.38 Å². The highest BCUT2D eigenvalue weighted by molar-refractivity contribution is 7.13. The van der Waals surface area contributed by atoms with Gasteiger partial charge >= 0.3 is 0 Å². The number of likely N-dealkylation sites (tertiary alicyclic amines) is 1. The molecule has 2 N–H and O–H groups in total. The maximum atomic E-state index is 12.5. The summed E-state index contributed by atoms with van der Waals surface area (Å²) in [6, 6.07) is 0.493. The van der Waals surface area contributed by atoms with E-state index in [0.29, 0.717) is 22.8 Å². The first kappa shape index (κ1) is 12.9. The van der Waals surface area contributed by atoms with Gasteiger partial charge in [-0.2, -0.15) is 0 Å². The molecule has 0 saturated carbocycles. The number of aromatic nitrogens is 1. The summed E-state index contributed by atoms with van der Waals surface area (Å²) < 4.78 is 0. The van der Waals surface area contributed by atoms with Gasteiger partial charge in [0.1, 0.15) is 5.69 Å². The van der Waals surface area contributed by atoms with Crippen molar-refractivity contribution in [2.45, 2.75) is 25.3 Å². The van der Waals surface area contributed by atoms with Gasteiger partial charge in [-0.05, 0) is 25.8 Å². The van der Waals surface area contributed by atoms with Gasteiger partial charge < -0.3 is 15.5 Å². The number of hydrogen-bond donors (Lipinski definition) is 1. The quantitative estimate of drug-likeness (QED) is 0.842. The third kappa shape index (κ3) is 2.60. The van der Waals surface area contributed by atoms with Crippen molar-refractivity contribution < 1.29 is 4.79 Å². The van der Waals surface area contributed by atoms with E-state index in [4.69, 9.17) is 5.73 Å². The zero-order valence-electron chi connectivity index (χ0n) is 11.2. The number of rotatable bonds is 1. The Bertz CT molecular complexity index is 475. The van der Waals surface area contributed by atoms with Crippen LogP contribution in [0.4, 0.5) is 5.13 Å². The maximum Gasteiger partial charge on any atom is 0.273 e. The molecule has 104 valence electrons. The number of thiazole rings is 1. The Balaban J connectivity index is 1.80. The summed E-state index contributed by atoms with van der Waals surface area (Å²) in [6.07, 6.45) is 3.70. The van der Waals surface area contributed by atoms with Gasteiger partial charge in [0.05, 0.1) is 0 Å². The first-order valence-electron chi connectivity index (χ1n) is 6.84. The molecular formula is C13H20N4OS. The van der Waals surface area contributed by atoms with E-state index in [1.165, 1.54) is 30.6 Å². The van der Waals surface area contributed by atoms with Crippen LogP contribution in [-0.4, -0.2) is 53.4 Å². The summed E-state index contributed by atoms with van der Waals surface area (Å²) in [6.45, 7) is 2.79. The second kappa shape index (κ2) is 5.09. The molecule has 2 saturated heterocycles. The number of anilines is 1. The van der Waals surface area contributed by atoms with Gasteiger partial charge in [0, 0.05) is 31.1 Å². The highest BCUT2D eigenvalue weighted by Crippen LogP contribution is 2.26. The molecule has 2 atom stereocenters. The summed E-state index contributed by atoms with van der Waals surface area (Å²) in [7, 11) is 2.18. The fourth-order valence-electron chi connectivity index (χ4n) is 3.24. The first-order valence-corrected chi connectivity index (χ1v) is 7.72. The smallest absolute Gasteiger partial charge is 0.273 e. The molecule has 6 heteroatoms. The Morgan fingerprint density at radius 3 is 3.00 bits per heavy atom. The predicted octanol–water partition coefficient (Wildman–Crippen LogP) is 1.28. The monoisotopic (exact) mass is 280 g/mol. The van der Waals surface area contributed by atoms with Gasteiger partial charge in [0.25, 0.3) is 5.91 Å². The molecule has 3 heterocycles. The largest absolute Gasteiger partial charge is 0.375 e. The van der Waals surface area contributed by atoms with Crippen molar-refractivity contribution in [3.05, 3.63) is 11.1 Å². The highest BCUT2D eigenvalue weighted by Gasteiger charge is 2.33. The van der Waals surface area contributed by atoms with Crippen molar-refractivity contribution >= 4 is 22.4 Å². The minimum absolute atomic E-state index is 0.0418. The standard InChI is InChI=1S/C13H20N4OS/c1-16-5-9-3-2-4-10(16)7-17(6-9)12(18)11-8-19-13(14)15-11/h8-10H,2-7H2,1H3,(H2,14,15)/t9-,10-/m0/s1. The minimum atomic E-state index is 0.0418. The number of fused-ring (bicyclic) bond motifs is 3. The van der Waals surface area contributed by atoms with Crippen molar-refractivity contribution in [3.63, 3.8) is 0 Å². The van der Waals surface area contributed by atoms with E-state index in [9.17, 15) is 4.79 Å². The van der Waals surface area contributed by atoms with Crippen LogP contribution in [0.1, 0.15) is 29.8 Å². The zero-order chi connectivity index (χ0) is 13.4. The molecule has 1 aromatic rings. The van der Waals surface area contributed by atoms with Crippen molar-refractivity contribution in [2.75, 3.05) is 32.4 Å². The maximum absolute atomic E-state index is 12.5. The van der Waals surface area contributed by atoms with Gasteiger partial charge in [0.15, 0.2) is 5.13 Å². The molecule has 2 fully saturated rings. The van der Waals surface area contributed by atoms with Crippen molar-refractivity contribution in [1.29, 1.82) is 0 Å². The zero-order valence-corrected chi connectivity index (χ0v) is 12.0. The second-order valence-corrected chi connectivity index (χ2v) is 6.56. The Morgan fingerprint density at radius 1 is 1.42 bits per heavy atom. The highest BCUT2D eigenvalue weighted by atomic mass is 32.1. The van der Waals surface area contributed by atoms with Gasteiger partial charge in [-0.1, -0.05) is 6.42 Å². The van der Waals surface area contributed by atoms with Gasteiger partial charge in [-0.15, -0.1) is 11.3 Å². The third-order valence-corrected chi connectivity index (χ3v) is 4.93. The van der Waals surface area contributed by atoms with Crippen LogP contribution in [0.25, 0.3) is 0 Å². The van der Waals surface area contributed by atoms with Crippen LogP contribution in [0.3, 0.4) is 0 Å². The van der Waals surface area contributed by atoms with Crippen LogP contribution >= 0.6 is 11.3 Å². The number of nitrogens with two attached hydrogens (primary N) is 1. The molecule has 2 aliphatic rings. The summed E-state index contributed by atoms with van der Waals surface area (Å²) in [5.41, 5.74) is 6.12. The van der Waals surface area contributed by atoms with Gasteiger partial charge in [0.2, 0.25) is 0 Å². The van der Waals surface area contributed by atoms with Crippen LogP contribution in [-0.2, 0) is 0 Å². The summed E-state index contributed by atoms with van der Waals surface area (Å²) in [5, 5.41) is 2.23. The van der Waals surface area contributed by atoms with E-state index in [1.807, 2.05) is 4.90 Å². The van der Waals surface area contributed by atoms with Crippen LogP contribution in [0.2, 0.25) is 0 Å². The summed E-state index contributed by atoms with van der Waals surface area (Å²) in [5.74, 6) is 0.637. The lowest BCUT2D eigenvalue weighted by Gasteiger charge is -2.29. The lowest BCUT2D eigenvalue weighted by Crippen LogP contribution is -2.42. The normalized spacial score (nSPS) is 28.2. The number of carbonyl (C=O) groups is 1. The molecule has 0 aliphatic carbocycles. The predicted molar refractivity (Wildman–Crippen MR) is 76.2 cm³/mol. The van der Waals surface area contributed by atoms with Crippen LogP contribution < -0.4 is 5.73 Å². The molecule has 2 bridgehead atoms. The van der Waals surface area contributed by atoms with Crippen LogP contribution in [0, 0.1) is 5.92 Å². The molecule has 2 aliphatic heterocycles. The van der Waals surface area contributed by atoms with Crippen LogP contribution in [0.15, 0.2) is 5.38 Å². The van der Waals surface area contributed by atoms with E-state index < -0.39 is 0 Å². The molecule has 0 radical (unpaired) electrons. The SMILES string of the molecule is CN1C[C@@H]2CCC[C@H]1CN(C(=O)c1csc(N)n1)C2. The van der Waals surface area contributed by atoms with Crippen molar-refractivity contribution in [3.8, 4) is 0 Å². The van der Waals surface area contributed by atoms with Crippen molar-refractivity contribution in [2.24, 2.45) is 5.92 Å². The van der Waals surface area contributed by atoms with E-state index >= 15 is 0 Å². The van der Waals surface area contributed by atoms with Crippen LogP contribution in [0.5, 0.6) is 0 Å². The fourth-order valence-corrected chi connectivity index (χ4v) is 3.78. The molecule has 0 aromatic carbocycles. The average molecular weight is 280 g/mol. The molecule has 3 rings (SSSR count). The molecule has 19 heavy (non-hydrogen) atoms. The molecule has 0 spiro atoms. The minimum Gasteiger partial charge on any atom is -0.375 e. The van der Waals surface area contributed by atoms with Gasteiger partial charge in [-0.3, -0.25) is 4.79 Å². The fraction of sp³-hybridized carbons (Fsp3) is 0.692. The molecular weight excluding hydrogens is 260 g/mol. The molecule has 1 aromatic heterocycles. The Morgan fingerprint density at radius 2 is 2.26 bits per heavy atom. The molecule has 1 amide bonds. The number of likely N-dealkylation sites (N-methyl/N-ethyl adjacent to an activating group) is 1. The first-order chi connectivity index (χ1) is 9.13. The summed E-state index contributed by atoms with van der Waals surface area (Å²) in [4.78, 5) is 21.0. The van der Waals surface area contributed by atoms with Gasteiger partial charge in [-0.25, -0.2) is 4.98 Å². The average Bonchev–Trinajstić information content (AvgIpc) is 2.62. The lowest BCUT2D eigenvalue weighted by atomic mass is 9.99. The Labute approximate surface area is 117 Å². The Kier molecular flexibility index (Phi) is 3.45. The summed E-state index contributed by atoms with van der Waals surface area (Å²) >= 11 is 1.33. The molecule has 0 unspecified atom stereocenters. The second-order valence-electron chi connectivity index (χ2n) is 5.67. The number of carbonyl (C=O) groups excluding carboxylic acids is 1. The number of nitrogen functional groups attached to an aromatic ring is 1. The lowest BCUT2D eigenvalue weighted by molar-refractivity contribution is 0.0705. The number of nitrogens with zero attached hydrogens (tertiary/aromatic N) is 3. The topological polar surface area (TPSA) is 62.5 Å². The number of hydrogen-bond acceptors (Lipinski definition) is 5. The van der Waals surface area contributed by atoms with E-state index in [0.717, 1.165) is 19.6 Å². The number of amides is 1. The third-order valence-electron chi connectivity index (χ3n) is 4.26. The van der Waals surface area contributed by atoms with E-state index in [2.05, 4.69) is 16.9 Å². The van der Waals surface area contributed by atoms with Crippen molar-refractivity contribution in [1.82, 2.24) is 14.8 Å². The Hall–Kier alpha value is -1.14.